The van der Waals surface area contributed by atoms with Crippen LogP contribution in [0.15, 0.2) is 0 Å². The van der Waals surface area contributed by atoms with E-state index in [1.165, 1.54) is 6.92 Å². The predicted octanol–water partition coefficient (Wildman–Crippen LogP) is 0.730. The van der Waals surface area contributed by atoms with Crippen molar-refractivity contribution >= 4 is 23.0 Å². The fourth-order valence-corrected chi connectivity index (χ4v) is 2.13. The summed E-state index contributed by atoms with van der Waals surface area (Å²) in [5.41, 5.74) is 0. The van der Waals surface area contributed by atoms with E-state index < -0.39 is 12.0 Å². The van der Waals surface area contributed by atoms with E-state index >= 15 is 0 Å². The summed E-state index contributed by atoms with van der Waals surface area (Å²) < 4.78 is 1.64. The van der Waals surface area contributed by atoms with Gasteiger partial charge in [-0.15, -0.1) is 0 Å². The molecule has 0 spiro atoms. The molecule has 4 nitrogen and oxygen atoms in total. The molecule has 0 aromatic carbocycles. The van der Waals surface area contributed by atoms with Crippen LogP contribution in [0.2, 0.25) is 0 Å². The Labute approximate surface area is 75.1 Å². The Morgan fingerprint density at radius 1 is 1.58 bits per heavy atom. The zero-order chi connectivity index (χ0) is 9.14. The van der Waals surface area contributed by atoms with Crippen LogP contribution in [0.4, 0.5) is 0 Å². The van der Waals surface area contributed by atoms with Crippen LogP contribution in [0.5, 0.6) is 0 Å². The average Bonchev–Trinajstić information content (AvgIpc) is 2.33. The Kier molecular flexibility index (Phi) is 3.11. The van der Waals surface area contributed by atoms with Crippen molar-refractivity contribution in [2.24, 2.45) is 0 Å². The normalized spacial score (nSPS) is 24.2. The quantitative estimate of drug-likeness (QED) is 0.649. The number of carboxylic acids is 1. The van der Waals surface area contributed by atoms with Gasteiger partial charge >= 0.3 is 5.97 Å². The molecule has 0 radical (unpaired) electrons. The molecule has 0 aromatic rings. The fraction of sp³-hybridized carbons (Fsp3) is 0.714. The van der Waals surface area contributed by atoms with Crippen LogP contribution in [-0.2, 0) is 9.59 Å². The Morgan fingerprint density at radius 3 is 2.75 bits per heavy atom. The highest BCUT2D eigenvalue weighted by Crippen LogP contribution is 2.25. The summed E-state index contributed by atoms with van der Waals surface area (Å²) in [4.78, 5) is 21.3. The maximum absolute atomic E-state index is 10.7. The lowest BCUT2D eigenvalue weighted by Crippen LogP contribution is -2.31. The van der Waals surface area contributed by atoms with E-state index in [1.807, 2.05) is 0 Å². The van der Waals surface area contributed by atoms with E-state index in [4.69, 9.17) is 5.11 Å². The van der Waals surface area contributed by atoms with E-state index in [9.17, 15) is 9.59 Å². The first-order valence-corrected chi connectivity index (χ1v) is 4.56. The molecule has 1 heterocycles. The van der Waals surface area contributed by atoms with Crippen molar-refractivity contribution in [2.75, 3.05) is 6.54 Å². The molecule has 0 aromatic heterocycles. The minimum atomic E-state index is -0.832. The van der Waals surface area contributed by atoms with Crippen molar-refractivity contribution in [3.63, 3.8) is 0 Å². The van der Waals surface area contributed by atoms with Crippen LogP contribution in [0.1, 0.15) is 19.8 Å². The van der Waals surface area contributed by atoms with Crippen molar-refractivity contribution < 1.29 is 14.7 Å². The molecule has 1 saturated heterocycles. The molecule has 1 atom stereocenters. The third-order valence-corrected chi connectivity index (χ3v) is 2.66. The molecule has 1 fully saturated rings. The molecule has 0 saturated carbocycles. The number of hydrogen-bond acceptors (Lipinski definition) is 4. The fourth-order valence-electron chi connectivity index (χ4n) is 1.26. The highest BCUT2D eigenvalue weighted by atomic mass is 32.2. The molecule has 68 valence electrons. The predicted molar refractivity (Wildman–Crippen MR) is 45.6 cm³/mol. The third-order valence-electron chi connectivity index (χ3n) is 1.73. The highest BCUT2D eigenvalue weighted by molar-refractivity contribution is 8.11. The molecular weight excluding hydrogens is 178 g/mol. The van der Waals surface area contributed by atoms with Crippen molar-refractivity contribution in [1.29, 1.82) is 0 Å². The number of carboxylic acid groups (broad SMARTS) is 1. The van der Waals surface area contributed by atoms with Gasteiger partial charge in [-0.05, 0) is 24.8 Å². The molecule has 1 aliphatic heterocycles. The summed E-state index contributed by atoms with van der Waals surface area (Å²) in [6.07, 6.45) is 1.51. The van der Waals surface area contributed by atoms with Crippen LogP contribution in [0.3, 0.4) is 0 Å². The first kappa shape index (κ1) is 9.54. The molecule has 0 aliphatic carbocycles. The van der Waals surface area contributed by atoms with Gasteiger partial charge in [-0.2, -0.15) is 0 Å². The number of carbonyl (C=O) groups excluding carboxylic acids is 1. The van der Waals surface area contributed by atoms with Gasteiger partial charge in [0.05, 0.1) is 0 Å². The van der Waals surface area contributed by atoms with Crippen LogP contribution >= 0.6 is 11.9 Å². The van der Waals surface area contributed by atoms with E-state index in [2.05, 4.69) is 0 Å². The first-order valence-electron chi connectivity index (χ1n) is 3.79. The third kappa shape index (κ3) is 2.22. The Bertz CT molecular complexity index is 207. The van der Waals surface area contributed by atoms with Gasteiger partial charge in [-0.1, -0.05) is 0 Å². The Morgan fingerprint density at radius 2 is 2.25 bits per heavy atom. The maximum Gasteiger partial charge on any atom is 0.321 e. The zero-order valence-electron chi connectivity index (χ0n) is 6.82. The summed E-state index contributed by atoms with van der Waals surface area (Å²) in [6.45, 7) is 2.14. The maximum atomic E-state index is 10.7. The molecular formula is C7H11NO3S. The summed E-state index contributed by atoms with van der Waals surface area (Å²) in [5.74, 6) is -0.832. The largest absolute Gasteiger partial charge is 0.480 e. The van der Waals surface area contributed by atoms with Gasteiger partial charge in [0.15, 0.2) is 0 Å². The van der Waals surface area contributed by atoms with Crippen molar-refractivity contribution in [2.45, 2.75) is 25.8 Å². The van der Waals surface area contributed by atoms with Gasteiger partial charge in [0, 0.05) is 13.5 Å². The number of rotatable bonds is 2. The Balaban J connectivity index is 2.52. The Hall–Kier alpha value is -0.550. The van der Waals surface area contributed by atoms with E-state index in [-0.39, 0.29) is 5.12 Å². The van der Waals surface area contributed by atoms with Crippen molar-refractivity contribution in [3.05, 3.63) is 0 Å². The van der Waals surface area contributed by atoms with Gasteiger partial charge in [0.25, 0.3) is 0 Å². The summed E-state index contributed by atoms with van der Waals surface area (Å²) >= 11 is 1.01. The lowest BCUT2D eigenvalue weighted by molar-refractivity contribution is -0.140. The van der Waals surface area contributed by atoms with Gasteiger partial charge in [-0.25, -0.2) is 4.31 Å². The second-order valence-electron chi connectivity index (χ2n) is 2.72. The molecule has 0 amide bonds. The standard InChI is InChI=1S/C7H11NO3S/c1-5(9)12-8-4-2-3-6(8)7(10)11/h6H,2-4H2,1H3,(H,10,11)/t6-/m0/s1. The molecule has 1 rings (SSSR count). The van der Waals surface area contributed by atoms with Gasteiger partial charge in [0.1, 0.15) is 6.04 Å². The second kappa shape index (κ2) is 3.91. The van der Waals surface area contributed by atoms with Crippen molar-refractivity contribution in [1.82, 2.24) is 4.31 Å². The van der Waals surface area contributed by atoms with Crippen LogP contribution < -0.4 is 0 Å². The lowest BCUT2D eigenvalue weighted by atomic mass is 10.2. The van der Waals surface area contributed by atoms with Crippen LogP contribution in [-0.4, -0.2) is 33.1 Å². The van der Waals surface area contributed by atoms with E-state index in [0.717, 1.165) is 18.4 Å². The number of carbonyl (C=O) groups is 2. The minimum absolute atomic E-state index is 0.0526. The molecule has 0 unspecified atom stereocenters. The van der Waals surface area contributed by atoms with Crippen molar-refractivity contribution in [3.8, 4) is 0 Å². The number of aliphatic carboxylic acids is 1. The minimum Gasteiger partial charge on any atom is -0.480 e. The topological polar surface area (TPSA) is 57.6 Å². The monoisotopic (exact) mass is 189 g/mol. The van der Waals surface area contributed by atoms with E-state index in [1.54, 1.807) is 4.31 Å². The van der Waals surface area contributed by atoms with Gasteiger partial charge < -0.3 is 5.11 Å². The SMILES string of the molecule is CC(=O)SN1CCC[C@H]1C(=O)O. The number of nitrogens with zero attached hydrogens (tertiary/aromatic N) is 1. The summed E-state index contributed by atoms with van der Waals surface area (Å²) in [5, 5.41) is 8.68. The van der Waals surface area contributed by atoms with Gasteiger partial charge in [0.2, 0.25) is 5.12 Å². The highest BCUT2D eigenvalue weighted by Gasteiger charge is 2.31. The smallest absolute Gasteiger partial charge is 0.321 e. The lowest BCUT2D eigenvalue weighted by Gasteiger charge is -2.17. The molecule has 1 N–H and O–H groups in total. The van der Waals surface area contributed by atoms with E-state index in [0.29, 0.717) is 13.0 Å². The zero-order valence-corrected chi connectivity index (χ0v) is 7.63. The molecule has 0 bridgehead atoms. The molecule has 1 aliphatic rings. The second-order valence-corrected chi connectivity index (χ2v) is 3.95. The van der Waals surface area contributed by atoms with Gasteiger partial charge in [-0.3, -0.25) is 9.59 Å². The van der Waals surface area contributed by atoms with Crippen LogP contribution in [0.25, 0.3) is 0 Å². The molecule has 5 heteroatoms. The van der Waals surface area contributed by atoms with Crippen LogP contribution in [0, 0.1) is 0 Å². The average molecular weight is 189 g/mol. The number of hydrogen-bond donors (Lipinski definition) is 1. The first-order chi connectivity index (χ1) is 5.61. The summed E-state index contributed by atoms with van der Waals surface area (Å²) in [6, 6.07) is -0.473. The summed E-state index contributed by atoms with van der Waals surface area (Å²) in [7, 11) is 0. The molecule has 12 heavy (non-hydrogen) atoms.